The summed E-state index contributed by atoms with van der Waals surface area (Å²) >= 11 is 0. The highest BCUT2D eigenvalue weighted by Crippen LogP contribution is 2.42. The summed E-state index contributed by atoms with van der Waals surface area (Å²) in [5.74, 6) is -2.38. The first-order valence-corrected chi connectivity index (χ1v) is 9.53. The van der Waals surface area contributed by atoms with Crippen molar-refractivity contribution in [3.8, 4) is 5.75 Å². The van der Waals surface area contributed by atoms with Crippen molar-refractivity contribution in [1.82, 2.24) is 4.98 Å². The van der Waals surface area contributed by atoms with Gasteiger partial charge in [-0.05, 0) is 30.7 Å². The second-order valence-electron chi connectivity index (χ2n) is 7.04. The van der Waals surface area contributed by atoms with E-state index in [0.29, 0.717) is 16.6 Å². The predicted octanol–water partition coefficient (Wildman–Crippen LogP) is 5.81. The molecule has 1 aromatic heterocycles. The van der Waals surface area contributed by atoms with Gasteiger partial charge < -0.3 is 15.0 Å². The van der Waals surface area contributed by atoms with Gasteiger partial charge in [0.05, 0.1) is 24.6 Å². The number of nitrogens with one attached hydrogen (secondary N) is 2. The first-order valence-electron chi connectivity index (χ1n) is 9.53. The van der Waals surface area contributed by atoms with E-state index in [1.54, 1.807) is 25.1 Å². The highest BCUT2D eigenvalue weighted by molar-refractivity contribution is 5.91. The van der Waals surface area contributed by atoms with Gasteiger partial charge in [0.2, 0.25) is 5.56 Å². The third kappa shape index (κ3) is 4.58. The zero-order valence-electron chi connectivity index (χ0n) is 16.5. The topological polar surface area (TPSA) is 54.1 Å². The number of anilines is 1. The van der Waals surface area contributed by atoms with E-state index in [2.05, 4.69) is 10.3 Å². The van der Waals surface area contributed by atoms with E-state index in [-0.39, 0.29) is 29.7 Å². The Morgan fingerprint density at radius 2 is 1.90 bits per heavy atom. The second kappa shape index (κ2) is 8.77. The normalized spacial score (nSPS) is 13.8. The Hall–Kier alpha value is -3.03. The molecule has 0 saturated carbocycles. The molecule has 160 valence electrons. The fraction of sp³-hybridized carbons (Fsp3) is 0.318. The number of fused-ring (bicyclic) bond motifs is 1. The molecule has 0 bridgehead atoms. The van der Waals surface area contributed by atoms with Crippen LogP contribution in [-0.2, 0) is 0 Å². The maximum Gasteiger partial charge on any atom is 0.394 e. The molecule has 0 radical (unpaired) electrons. The highest BCUT2D eigenvalue weighted by Gasteiger charge is 2.45. The summed E-state index contributed by atoms with van der Waals surface area (Å²) in [6.45, 7) is 1.66. The lowest BCUT2D eigenvalue weighted by Gasteiger charge is -2.31. The Bertz CT molecular complexity index is 1080. The van der Waals surface area contributed by atoms with Crippen molar-refractivity contribution in [3.05, 3.63) is 70.3 Å². The molecule has 0 amide bonds. The minimum Gasteiger partial charge on any atom is -0.497 e. The van der Waals surface area contributed by atoms with Crippen molar-refractivity contribution in [3.63, 3.8) is 0 Å². The standard InChI is InChI=1S/C22H22F4N2O2/c1-3-5-16(22(24,25)26)21(14-9-8-13(30-2)12-17(14)23)28-19-7-4-6-18-15(19)10-11-20(29)27-18/h4,6-12,16,21,28H,3,5H2,1-2H3,(H,27,29). The third-order valence-corrected chi connectivity index (χ3v) is 5.04. The molecule has 0 spiro atoms. The molecule has 8 heteroatoms. The van der Waals surface area contributed by atoms with Crippen LogP contribution < -0.4 is 15.6 Å². The van der Waals surface area contributed by atoms with Gasteiger partial charge in [0.1, 0.15) is 11.6 Å². The Labute approximate surface area is 170 Å². The number of benzene rings is 2. The van der Waals surface area contributed by atoms with E-state index >= 15 is 0 Å². The van der Waals surface area contributed by atoms with Crippen LogP contribution in [0.1, 0.15) is 31.4 Å². The molecule has 0 fully saturated rings. The Balaban J connectivity index is 2.14. The largest absolute Gasteiger partial charge is 0.497 e. The predicted molar refractivity (Wildman–Crippen MR) is 108 cm³/mol. The van der Waals surface area contributed by atoms with Crippen LogP contribution in [0.3, 0.4) is 0 Å². The minimum absolute atomic E-state index is 0.104. The lowest BCUT2D eigenvalue weighted by atomic mass is 9.88. The number of rotatable bonds is 7. The van der Waals surface area contributed by atoms with Crippen LogP contribution in [-0.4, -0.2) is 18.3 Å². The molecule has 3 aromatic rings. The molecular weight excluding hydrogens is 400 g/mol. The van der Waals surface area contributed by atoms with Crippen molar-refractivity contribution in [1.29, 1.82) is 0 Å². The van der Waals surface area contributed by atoms with Crippen molar-refractivity contribution in [2.45, 2.75) is 32.0 Å². The molecule has 2 N–H and O–H groups in total. The lowest BCUT2D eigenvalue weighted by Crippen LogP contribution is -2.33. The monoisotopic (exact) mass is 422 g/mol. The average molecular weight is 422 g/mol. The van der Waals surface area contributed by atoms with Gasteiger partial charge >= 0.3 is 6.18 Å². The number of aromatic nitrogens is 1. The summed E-state index contributed by atoms with van der Waals surface area (Å²) in [5, 5.41) is 3.44. The smallest absolute Gasteiger partial charge is 0.394 e. The first kappa shape index (κ1) is 21.7. The van der Waals surface area contributed by atoms with Crippen LogP contribution in [0.4, 0.5) is 23.2 Å². The van der Waals surface area contributed by atoms with E-state index in [9.17, 15) is 22.4 Å². The maximum atomic E-state index is 14.8. The average Bonchev–Trinajstić information content (AvgIpc) is 2.69. The van der Waals surface area contributed by atoms with Crippen molar-refractivity contribution >= 4 is 16.6 Å². The van der Waals surface area contributed by atoms with E-state index in [1.807, 2.05) is 0 Å². The van der Waals surface area contributed by atoms with Gasteiger partial charge in [-0.1, -0.05) is 25.5 Å². The molecule has 0 aliphatic carbocycles. The Morgan fingerprint density at radius 3 is 2.53 bits per heavy atom. The second-order valence-corrected chi connectivity index (χ2v) is 7.04. The van der Waals surface area contributed by atoms with Gasteiger partial charge in [0.15, 0.2) is 0 Å². The van der Waals surface area contributed by atoms with Crippen molar-refractivity contribution in [2.24, 2.45) is 5.92 Å². The number of hydrogen-bond donors (Lipinski definition) is 2. The number of ether oxygens (including phenoxy) is 1. The molecule has 2 aromatic carbocycles. The zero-order valence-corrected chi connectivity index (χ0v) is 16.5. The molecule has 2 atom stereocenters. The van der Waals surface area contributed by atoms with Gasteiger partial charge in [-0.15, -0.1) is 0 Å². The summed E-state index contributed by atoms with van der Waals surface area (Å²) in [7, 11) is 1.36. The number of halogens is 4. The quantitative estimate of drug-likeness (QED) is 0.473. The molecule has 0 aliphatic rings. The van der Waals surface area contributed by atoms with E-state index in [1.165, 1.54) is 31.4 Å². The number of hydrogen-bond acceptors (Lipinski definition) is 3. The summed E-state index contributed by atoms with van der Waals surface area (Å²) in [6.07, 6.45) is -4.43. The summed E-state index contributed by atoms with van der Waals surface area (Å²) in [6, 6.07) is 10.2. The van der Waals surface area contributed by atoms with Crippen LogP contribution in [0.5, 0.6) is 5.75 Å². The van der Waals surface area contributed by atoms with Crippen LogP contribution in [0.2, 0.25) is 0 Å². The Kier molecular flexibility index (Phi) is 6.34. The van der Waals surface area contributed by atoms with Crippen LogP contribution in [0.25, 0.3) is 10.9 Å². The minimum atomic E-state index is -4.54. The molecular formula is C22H22F4N2O2. The third-order valence-electron chi connectivity index (χ3n) is 5.04. The summed E-state index contributed by atoms with van der Waals surface area (Å²) in [5.41, 5.74) is 0.416. The number of aromatic amines is 1. The molecule has 0 aliphatic heterocycles. The van der Waals surface area contributed by atoms with Gasteiger partial charge in [0.25, 0.3) is 0 Å². The van der Waals surface area contributed by atoms with Crippen molar-refractivity contribution in [2.75, 3.05) is 12.4 Å². The van der Waals surface area contributed by atoms with Gasteiger partial charge in [-0.2, -0.15) is 13.2 Å². The molecule has 1 heterocycles. The fourth-order valence-electron chi connectivity index (χ4n) is 3.59. The summed E-state index contributed by atoms with van der Waals surface area (Å²) in [4.78, 5) is 14.2. The number of alkyl halides is 3. The molecule has 2 unspecified atom stereocenters. The molecule has 3 rings (SSSR count). The summed E-state index contributed by atoms with van der Waals surface area (Å²) < 4.78 is 61.7. The van der Waals surface area contributed by atoms with Gasteiger partial charge in [-0.25, -0.2) is 4.39 Å². The van der Waals surface area contributed by atoms with Crippen LogP contribution >= 0.6 is 0 Å². The molecule has 30 heavy (non-hydrogen) atoms. The number of H-pyrrole nitrogens is 1. The Morgan fingerprint density at radius 1 is 1.13 bits per heavy atom. The number of pyridine rings is 1. The SMILES string of the molecule is CCCC(C(Nc1cccc2[nH]c(=O)ccc12)c1ccc(OC)cc1F)C(F)(F)F. The van der Waals surface area contributed by atoms with E-state index in [4.69, 9.17) is 4.74 Å². The van der Waals surface area contributed by atoms with Gasteiger partial charge in [-0.3, -0.25) is 4.79 Å². The highest BCUT2D eigenvalue weighted by atomic mass is 19.4. The van der Waals surface area contributed by atoms with Crippen molar-refractivity contribution < 1.29 is 22.3 Å². The fourth-order valence-corrected chi connectivity index (χ4v) is 3.59. The first-order chi connectivity index (χ1) is 14.2. The zero-order chi connectivity index (χ0) is 21.9. The van der Waals surface area contributed by atoms with Gasteiger partial charge in [0, 0.05) is 28.8 Å². The van der Waals surface area contributed by atoms with Crippen LogP contribution in [0, 0.1) is 11.7 Å². The lowest BCUT2D eigenvalue weighted by molar-refractivity contribution is -0.181. The molecule has 4 nitrogen and oxygen atoms in total. The number of methoxy groups -OCH3 is 1. The molecule has 0 saturated heterocycles. The van der Waals surface area contributed by atoms with Crippen LogP contribution in [0.15, 0.2) is 53.3 Å². The van der Waals surface area contributed by atoms with E-state index in [0.717, 1.165) is 6.07 Å². The van der Waals surface area contributed by atoms with E-state index < -0.39 is 24.0 Å². The maximum absolute atomic E-state index is 14.8.